The van der Waals surface area contributed by atoms with Crippen molar-refractivity contribution in [2.24, 2.45) is 7.05 Å². The van der Waals surface area contributed by atoms with Gasteiger partial charge in [-0.1, -0.05) is 34.1 Å². The van der Waals surface area contributed by atoms with Crippen molar-refractivity contribution in [3.05, 3.63) is 29.6 Å². The number of thioether (sulfide) groups is 1. The van der Waals surface area contributed by atoms with Crippen LogP contribution in [0.3, 0.4) is 0 Å². The fourth-order valence-corrected chi connectivity index (χ4v) is 4.71. The van der Waals surface area contributed by atoms with E-state index in [1.807, 2.05) is 0 Å². The first-order valence-corrected chi connectivity index (χ1v) is 12.5. The van der Waals surface area contributed by atoms with Crippen LogP contribution >= 0.6 is 24.2 Å². The lowest BCUT2D eigenvalue weighted by molar-refractivity contribution is -0.147. The number of aromatic nitrogens is 4. The van der Waals surface area contributed by atoms with Crippen molar-refractivity contribution in [1.82, 2.24) is 24.4 Å². The monoisotopic (exact) mass is 520 g/mol. The molecule has 3 heterocycles. The quantitative estimate of drug-likeness (QED) is 0.352. The van der Waals surface area contributed by atoms with Crippen molar-refractivity contribution in [2.45, 2.75) is 63.6 Å². The largest absolute Gasteiger partial charge is 0.449 e. The van der Waals surface area contributed by atoms with E-state index in [0.717, 1.165) is 79.6 Å². The molecule has 2 aromatic rings. The van der Waals surface area contributed by atoms with Crippen LogP contribution in [0.5, 0.6) is 0 Å². The average molecular weight is 521 g/mol. The van der Waals surface area contributed by atoms with Gasteiger partial charge in [0.2, 0.25) is 5.82 Å². The van der Waals surface area contributed by atoms with E-state index < -0.39 is 12.0 Å². The molecule has 34 heavy (non-hydrogen) atoms. The van der Waals surface area contributed by atoms with Gasteiger partial charge in [-0.3, -0.25) is 4.90 Å². The number of alkyl halides is 3. The SMILES string of the molecule is CCCc1cc(N2CCN(CCCSc3cnc(C(F)(F)F)n3C)CC2)nc(C(C)(C)C)n1.Cl. The highest BCUT2D eigenvalue weighted by molar-refractivity contribution is 7.99. The van der Waals surface area contributed by atoms with E-state index in [9.17, 15) is 13.2 Å². The lowest BCUT2D eigenvalue weighted by Gasteiger charge is -2.36. The molecule has 0 amide bonds. The molecule has 0 atom stereocenters. The van der Waals surface area contributed by atoms with Crippen LogP contribution in [0, 0.1) is 0 Å². The van der Waals surface area contributed by atoms with Crippen molar-refractivity contribution in [1.29, 1.82) is 0 Å². The Bertz CT molecular complexity index is 920. The Morgan fingerprint density at radius 1 is 1.06 bits per heavy atom. The predicted octanol–water partition coefficient (Wildman–Crippen LogP) is 5.21. The van der Waals surface area contributed by atoms with Crippen molar-refractivity contribution < 1.29 is 13.2 Å². The standard InChI is InChI=1S/C23H35F3N6S.ClH/c1-6-8-17-15-18(29-20(28-17)22(2,3)4)32-12-10-31(11-13-32)9-7-14-33-19-16-27-21(30(19)5)23(24,25)26;/h15-16H,6-14H2,1-5H3;1H. The molecule has 0 N–H and O–H groups in total. The molecule has 1 saturated heterocycles. The molecule has 1 aliphatic rings. The molecule has 0 aromatic carbocycles. The zero-order valence-corrected chi connectivity index (χ0v) is 22.3. The lowest BCUT2D eigenvalue weighted by Crippen LogP contribution is -2.47. The molecule has 1 fully saturated rings. The summed E-state index contributed by atoms with van der Waals surface area (Å²) in [5, 5.41) is 0.549. The second-order valence-electron chi connectivity index (χ2n) is 9.55. The van der Waals surface area contributed by atoms with Gasteiger partial charge in [-0.15, -0.1) is 24.2 Å². The number of piperazine rings is 1. The van der Waals surface area contributed by atoms with Crippen LogP contribution in [0.25, 0.3) is 0 Å². The van der Waals surface area contributed by atoms with Crippen LogP contribution < -0.4 is 4.90 Å². The van der Waals surface area contributed by atoms with E-state index in [1.54, 1.807) is 0 Å². The number of nitrogens with zero attached hydrogens (tertiary/aromatic N) is 6. The molecule has 11 heteroatoms. The van der Waals surface area contributed by atoms with E-state index in [2.05, 4.69) is 48.5 Å². The lowest BCUT2D eigenvalue weighted by atomic mass is 9.95. The summed E-state index contributed by atoms with van der Waals surface area (Å²) in [6.45, 7) is 13.3. The van der Waals surface area contributed by atoms with Gasteiger partial charge in [0.05, 0.1) is 11.2 Å². The van der Waals surface area contributed by atoms with Gasteiger partial charge in [-0.05, 0) is 19.4 Å². The molecule has 0 saturated carbocycles. The van der Waals surface area contributed by atoms with Gasteiger partial charge in [0.1, 0.15) is 11.6 Å². The van der Waals surface area contributed by atoms with Gasteiger partial charge in [0.15, 0.2) is 0 Å². The Labute approximate surface area is 211 Å². The number of aryl methyl sites for hydroxylation is 1. The van der Waals surface area contributed by atoms with E-state index >= 15 is 0 Å². The molecule has 0 spiro atoms. The summed E-state index contributed by atoms with van der Waals surface area (Å²) in [5.41, 5.74) is 1.02. The van der Waals surface area contributed by atoms with Gasteiger partial charge in [0, 0.05) is 56.2 Å². The number of hydrogen-bond acceptors (Lipinski definition) is 6. The zero-order chi connectivity index (χ0) is 24.2. The van der Waals surface area contributed by atoms with Crippen LogP contribution in [0.15, 0.2) is 17.3 Å². The van der Waals surface area contributed by atoms with E-state index in [4.69, 9.17) is 9.97 Å². The maximum absolute atomic E-state index is 12.9. The molecule has 0 bridgehead atoms. The summed E-state index contributed by atoms with van der Waals surface area (Å²) >= 11 is 1.43. The minimum atomic E-state index is -4.41. The highest BCUT2D eigenvalue weighted by atomic mass is 35.5. The Hall–Kier alpha value is -1.52. The summed E-state index contributed by atoms with van der Waals surface area (Å²) in [7, 11) is 1.42. The second kappa shape index (κ2) is 11.9. The third kappa shape index (κ3) is 7.49. The first-order chi connectivity index (χ1) is 15.5. The first kappa shape index (κ1) is 28.7. The molecule has 0 aliphatic carbocycles. The van der Waals surface area contributed by atoms with Crippen molar-refractivity contribution in [2.75, 3.05) is 43.4 Å². The number of halogens is 4. The Morgan fingerprint density at radius 2 is 1.74 bits per heavy atom. The third-order valence-electron chi connectivity index (χ3n) is 5.71. The Morgan fingerprint density at radius 3 is 2.29 bits per heavy atom. The summed E-state index contributed by atoms with van der Waals surface area (Å²) in [4.78, 5) is 17.9. The van der Waals surface area contributed by atoms with Crippen LogP contribution in [0.4, 0.5) is 19.0 Å². The fourth-order valence-electron chi connectivity index (χ4n) is 3.82. The molecular formula is C23H36ClF3N6S. The summed E-state index contributed by atoms with van der Waals surface area (Å²) in [5.74, 6) is 1.83. The van der Waals surface area contributed by atoms with Crippen molar-refractivity contribution >= 4 is 30.0 Å². The summed E-state index contributed by atoms with van der Waals surface area (Å²) < 4.78 is 39.8. The van der Waals surface area contributed by atoms with Crippen LogP contribution in [0.1, 0.15) is 57.9 Å². The third-order valence-corrected chi connectivity index (χ3v) is 6.87. The molecule has 2 aromatic heterocycles. The number of anilines is 1. The van der Waals surface area contributed by atoms with E-state index in [-0.39, 0.29) is 17.8 Å². The molecular weight excluding hydrogens is 485 g/mol. The van der Waals surface area contributed by atoms with Gasteiger partial charge in [-0.25, -0.2) is 15.0 Å². The zero-order valence-electron chi connectivity index (χ0n) is 20.7. The van der Waals surface area contributed by atoms with Gasteiger partial charge < -0.3 is 9.47 Å². The highest BCUT2D eigenvalue weighted by Gasteiger charge is 2.36. The van der Waals surface area contributed by atoms with Crippen LogP contribution in [-0.2, 0) is 25.1 Å². The van der Waals surface area contributed by atoms with Gasteiger partial charge in [0.25, 0.3) is 0 Å². The minimum absolute atomic E-state index is 0. The Balaban J connectivity index is 0.00000408. The predicted molar refractivity (Wildman–Crippen MR) is 134 cm³/mol. The maximum Gasteiger partial charge on any atom is 0.449 e. The van der Waals surface area contributed by atoms with Crippen LogP contribution in [0.2, 0.25) is 0 Å². The number of hydrogen-bond donors (Lipinski definition) is 0. The molecule has 6 nitrogen and oxygen atoms in total. The minimum Gasteiger partial charge on any atom is -0.354 e. The van der Waals surface area contributed by atoms with E-state index in [1.165, 1.54) is 25.0 Å². The van der Waals surface area contributed by atoms with Crippen LogP contribution in [-0.4, -0.2) is 62.9 Å². The Kier molecular flexibility index (Phi) is 10.1. The molecule has 1 aliphatic heterocycles. The maximum atomic E-state index is 12.9. The van der Waals surface area contributed by atoms with Crippen molar-refractivity contribution in [3.8, 4) is 0 Å². The normalized spacial score (nSPS) is 15.5. The first-order valence-electron chi connectivity index (χ1n) is 11.6. The fraction of sp³-hybridized carbons (Fsp3) is 0.696. The average Bonchev–Trinajstić information content (AvgIpc) is 3.12. The summed E-state index contributed by atoms with van der Waals surface area (Å²) in [6, 6.07) is 2.13. The summed E-state index contributed by atoms with van der Waals surface area (Å²) in [6.07, 6.45) is -0.173. The van der Waals surface area contributed by atoms with E-state index in [0.29, 0.717) is 5.03 Å². The smallest absolute Gasteiger partial charge is 0.354 e. The molecule has 3 rings (SSSR count). The number of imidazole rings is 1. The van der Waals surface area contributed by atoms with Gasteiger partial charge >= 0.3 is 6.18 Å². The molecule has 0 radical (unpaired) electrons. The second-order valence-corrected chi connectivity index (χ2v) is 10.7. The highest BCUT2D eigenvalue weighted by Crippen LogP contribution is 2.31. The van der Waals surface area contributed by atoms with Gasteiger partial charge in [-0.2, -0.15) is 13.2 Å². The van der Waals surface area contributed by atoms with Crippen molar-refractivity contribution in [3.63, 3.8) is 0 Å². The molecule has 192 valence electrons. The topological polar surface area (TPSA) is 50.1 Å². The molecule has 0 unspecified atom stereocenters. The number of rotatable bonds is 8.